The summed E-state index contributed by atoms with van der Waals surface area (Å²) in [4.78, 5) is 16.8. The third-order valence-corrected chi connectivity index (χ3v) is 6.14. The molecule has 0 saturated heterocycles. The number of nitrogens with one attached hydrogen (secondary N) is 2. The van der Waals surface area contributed by atoms with Gasteiger partial charge in [-0.1, -0.05) is 38.1 Å². The Hall–Kier alpha value is -3.29. The van der Waals surface area contributed by atoms with E-state index in [1.807, 2.05) is 66.7 Å². The number of nitrogens with zero attached hydrogens (tertiary/aromatic N) is 1. The van der Waals surface area contributed by atoms with E-state index in [0.717, 1.165) is 26.5 Å². The van der Waals surface area contributed by atoms with Gasteiger partial charge >= 0.3 is 0 Å². The highest BCUT2D eigenvalue weighted by molar-refractivity contribution is 7.80. The molecule has 4 aromatic rings. The molecule has 4 rings (SSSR count). The van der Waals surface area contributed by atoms with Crippen LogP contribution in [0.2, 0.25) is 0 Å². The van der Waals surface area contributed by atoms with Crippen LogP contribution >= 0.6 is 23.6 Å². The Morgan fingerprint density at radius 3 is 2.44 bits per heavy atom. The van der Waals surface area contributed by atoms with Crippen molar-refractivity contribution >= 4 is 50.5 Å². The Balaban J connectivity index is 1.28. The molecule has 3 aromatic carbocycles. The normalized spacial score (nSPS) is 10.8. The van der Waals surface area contributed by atoms with Crippen molar-refractivity contribution in [2.75, 3.05) is 11.9 Å². The van der Waals surface area contributed by atoms with Gasteiger partial charge < -0.3 is 10.1 Å². The van der Waals surface area contributed by atoms with Gasteiger partial charge in [-0.15, -0.1) is 11.3 Å². The molecule has 0 atom stereocenters. The van der Waals surface area contributed by atoms with Crippen LogP contribution in [0.1, 0.15) is 25.3 Å². The molecule has 2 N–H and O–H groups in total. The Morgan fingerprint density at radius 2 is 1.75 bits per heavy atom. The second-order valence-electron chi connectivity index (χ2n) is 7.58. The fraction of sp³-hybridized carbons (Fsp3) is 0.160. The molecule has 1 amide bonds. The number of hydrogen-bond donors (Lipinski definition) is 2. The second-order valence-corrected chi connectivity index (χ2v) is 9.02. The first kappa shape index (κ1) is 21.9. The van der Waals surface area contributed by atoms with Gasteiger partial charge in [-0.2, -0.15) is 0 Å². The molecule has 5 nitrogen and oxygen atoms in total. The van der Waals surface area contributed by atoms with Crippen LogP contribution in [0.15, 0.2) is 72.8 Å². The number of carbonyl (C=O) groups is 1. The van der Waals surface area contributed by atoms with Gasteiger partial charge in [-0.05, 0) is 72.2 Å². The second kappa shape index (κ2) is 9.89. The summed E-state index contributed by atoms with van der Waals surface area (Å²) in [6.45, 7) is 4.15. The summed E-state index contributed by atoms with van der Waals surface area (Å²) >= 11 is 6.91. The van der Waals surface area contributed by atoms with Gasteiger partial charge in [0.25, 0.3) is 5.91 Å². The molecule has 0 aliphatic heterocycles. The lowest BCUT2D eigenvalue weighted by molar-refractivity contribution is -0.121. The van der Waals surface area contributed by atoms with Crippen LogP contribution in [0, 0.1) is 0 Å². The molecule has 162 valence electrons. The maximum absolute atomic E-state index is 12.1. The Labute approximate surface area is 196 Å². The third kappa shape index (κ3) is 5.49. The Kier molecular flexibility index (Phi) is 6.78. The van der Waals surface area contributed by atoms with Crippen molar-refractivity contribution in [2.24, 2.45) is 0 Å². The topological polar surface area (TPSA) is 63.2 Å². The minimum atomic E-state index is -0.318. The highest BCUT2D eigenvalue weighted by atomic mass is 32.1. The number of anilines is 1. The minimum absolute atomic E-state index is 0.112. The van der Waals surface area contributed by atoms with Crippen molar-refractivity contribution in [3.8, 4) is 16.3 Å². The molecule has 0 radical (unpaired) electrons. The summed E-state index contributed by atoms with van der Waals surface area (Å²) in [5.74, 6) is 0.779. The first-order chi connectivity index (χ1) is 15.5. The van der Waals surface area contributed by atoms with Crippen molar-refractivity contribution in [1.29, 1.82) is 0 Å². The molecular weight excluding hydrogens is 438 g/mol. The summed E-state index contributed by atoms with van der Waals surface area (Å²) in [7, 11) is 0. The summed E-state index contributed by atoms with van der Waals surface area (Å²) in [5, 5.41) is 6.85. The van der Waals surface area contributed by atoms with E-state index in [1.165, 1.54) is 5.56 Å². The van der Waals surface area contributed by atoms with Crippen LogP contribution in [0.3, 0.4) is 0 Å². The number of fused-ring (bicyclic) bond motifs is 1. The molecule has 0 saturated carbocycles. The monoisotopic (exact) mass is 461 g/mol. The summed E-state index contributed by atoms with van der Waals surface area (Å²) in [6.07, 6.45) is 0. The summed E-state index contributed by atoms with van der Waals surface area (Å²) < 4.78 is 6.70. The first-order valence-electron chi connectivity index (χ1n) is 10.3. The van der Waals surface area contributed by atoms with Gasteiger partial charge in [-0.25, -0.2) is 4.98 Å². The average Bonchev–Trinajstić information content (AvgIpc) is 3.22. The maximum atomic E-state index is 12.1. The van der Waals surface area contributed by atoms with Crippen LogP contribution in [-0.4, -0.2) is 22.6 Å². The first-order valence-corrected chi connectivity index (χ1v) is 11.5. The Bertz CT molecular complexity index is 1200. The number of thiocarbonyl (C=S) groups is 1. The van der Waals surface area contributed by atoms with E-state index >= 15 is 0 Å². The zero-order valence-electron chi connectivity index (χ0n) is 17.8. The quantitative estimate of drug-likeness (QED) is 0.346. The van der Waals surface area contributed by atoms with Gasteiger partial charge in [0.05, 0.1) is 10.2 Å². The van der Waals surface area contributed by atoms with Crippen molar-refractivity contribution in [3.05, 3.63) is 78.4 Å². The lowest BCUT2D eigenvalue weighted by Crippen LogP contribution is -2.37. The predicted molar refractivity (Wildman–Crippen MR) is 135 cm³/mol. The molecule has 0 spiro atoms. The van der Waals surface area contributed by atoms with E-state index in [1.54, 1.807) is 11.3 Å². The van der Waals surface area contributed by atoms with E-state index in [4.69, 9.17) is 17.0 Å². The number of hydrogen-bond acceptors (Lipinski definition) is 5. The van der Waals surface area contributed by atoms with Gasteiger partial charge in [0.15, 0.2) is 11.7 Å². The zero-order chi connectivity index (χ0) is 22.5. The van der Waals surface area contributed by atoms with Crippen LogP contribution in [0.4, 0.5) is 5.69 Å². The number of rotatable bonds is 6. The van der Waals surface area contributed by atoms with Crippen LogP contribution in [0.5, 0.6) is 5.75 Å². The van der Waals surface area contributed by atoms with Crippen LogP contribution in [0.25, 0.3) is 20.8 Å². The largest absolute Gasteiger partial charge is 0.484 e. The number of amides is 1. The third-order valence-electron chi connectivity index (χ3n) is 4.85. The van der Waals surface area contributed by atoms with E-state index in [0.29, 0.717) is 11.7 Å². The van der Waals surface area contributed by atoms with E-state index < -0.39 is 0 Å². The molecule has 1 heterocycles. The number of para-hydroxylation sites is 1. The molecule has 0 aliphatic rings. The number of carbonyl (C=O) groups excluding carboxylic acids is 1. The van der Waals surface area contributed by atoms with E-state index in [9.17, 15) is 4.79 Å². The molecule has 0 aliphatic carbocycles. The fourth-order valence-corrected chi connectivity index (χ4v) is 4.32. The standard InChI is InChI=1S/C25H23N3O2S2/c1-16(2)17-9-13-20(14-10-17)30-15-23(29)28-25(31)26-19-11-7-18(8-12-19)24-27-21-5-3-4-6-22(21)32-24/h3-14,16H,15H2,1-2H3,(H2,26,28,29,31). The Morgan fingerprint density at radius 1 is 1.03 bits per heavy atom. The molecule has 1 aromatic heterocycles. The van der Waals surface area contributed by atoms with Crippen molar-refractivity contribution in [1.82, 2.24) is 10.3 Å². The molecular formula is C25H23N3O2S2. The number of thiazole rings is 1. The average molecular weight is 462 g/mol. The lowest BCUT2D eigenvalue weighted by atomic mass is 10.0. The molecule has 0 bridgehead atoms. The molecule has 0 unspecified atom stereocenters. The highest BCUT2D eigenvalue weighted by Crippen LogP contribution is 2.30. The SMILES string of the molecule is CC(C)c1ccc(OCC(=O)NC(=S)Nc2ccc(-c3nc4ccccc4s3)cc2)cc1. The zero-order valence-corrected chi connectivity index (χ0v) is 19.4. The lowest BCUT2D eigenvalue weighted by Gasteiger charge is -2.11. The van der Waals surface area contributed by atoms with Crippen molar-refractivity contribution in [2.45, 2.75) is 19.8 Å². The van der Waals surface area contributed by atoms with Crippen LogP contribution in [-0.2, 0) is 4.79 Å². The van der Waals surface area contributed by atoms with E-state index in [2.05, 4.69) is 35.5 Å². The highest BCUT2D eigenvalue weighted by Gasteiger charge is 2.09. The predicted octanol–water partition coefficient (Wildman–Crippen LogP) is 5.98. The van der Waals surface area contributed by atoms with Crippen molar-refractivity contribution in [3.63, 3.8) is 0 Å². The molecule has 32 heavy (non-hydrogen) atoms. The number of aromatic nitrogens is 1. The summed E-state index contributed by atoms with van der Waals surface area (Å²) in [5.41, 5.74) is 4.03. The van der Waals surface area contributed by atoms with Crippen LogP contribution < -0.4 is 15.4 Å². The van der Waals surface area contributed by atoms with Gasteiger partial charge in [0, 0.05) is 11.3 Å². The number of benzene rings is 3. The maximum Gasteiger partial charge on any atom is 0.264 e. The smallest absolute Gasteiger partial charge is 0.264 e. The van der Waals surface area contributed by atoms with E-state index in [-0.39, 0.29) is 17.6 Å². The van der Waals surface area contributed by atoms with Gasteiger partial charge in [0.1, 0.15) is 10.8 Å². The summed E-state index contributed by atoms with van der Waals surface area (Å²) in [6, 6.07) is 23.6. The minimum Gasteiger partial charge on any atom is -0.484 e. The van der Waals surface area contributed by atoms with Crippen molar-refractivity contribution < 1.29 is 9.53 Å². The van der Waals surface area contributed by atoms with Gasteiger partial charge in [-0.3, -0.25) is 10.1 Å². The molecule has 7 heteroatoms. The van der Waals surface area contributed by atoms with Gasteiger partial charge in [0.2, 0.25) is 0 Å². The number of ether oxygens (including phenoxy) is 1. The fourth-order valence-electron chi connectivity index (χ4n) is 3.11. The molecule has 0 fully saturated rings.